The van der Waals surface area contributed by atoms with Gasteiger partial charge in [0, 0.05) is 38.4 Å². The van der Waals surface area contributed by atoms with Gasteiger partial charge in [0.25, 0.3) is 0 Å². The molecule has 0 aromatic carbocycles. The second-order valence-corrected chi connectivity index (χ2v) is 5.91. The molecule has 0 aliphatic carbocycles. The maximum absolute atomic E-state index is 12.7. The molecule has 1 atom stereocenters. The Morgan fingerprint density at radius 1 is 1.33 bits per heavy atom. The van der Waals surface area contributed by atoms with Gasteiger partial charge in [0.1, 0.15) is 0 Å². The van der Waals surface area contributed by atoms with Gasteiger partial charge >= 0.3 is 6.18 Å². The van der Waals surface area contributed by atoms with Crippen molar-refractivity contribution in [1.29, 1.82) is 0 Å². The third-order valence-electron chi connectivity index (χ3n) is 4.24. The SMILES string of the molecule is CC(C)N1CCN2c3ncc(C(F)(F)F)cc3NCC2C1. The van der Waals surface area contributed by atoms with Crippen LogP contribution in [0.3, 0.4) is 0 Å². The minimum atomic E-state index is -4.35. The van der Waals surface area contributed by atoms with Crippen molar-refractivity contribution in [3.05, 3.63) is 17.8 Å². The van der Waals surface area contributed by atoms with Gasteiger partial charge in [-0.1, -0.05) is 0 Å². The molecule has 1 saturated heterocycles. The lowest BCUT2D eigenvalue weighted by Gasteiger charge is -2.46. The van der Waals surface area contributed by atoms with Gasteiger partial charge in [-0.2, -0.15) is 13.2 Å². The predicted octanol–water partition coefficient (Wildman–Crippen LogP) is 2.42. The van der Waals surface area contributed by atoms with Crippen molar-refractivity contribution in [3.8, 4) is 0 Å². The molecule has 0 radical (unpaired) electrons. The van der Waals surface area contributed by atoms with Crippen LogP contribution in [0.1, 0.15) is 19.4 Å². The average Bonchev–Trinajstić information content (AvgIpc) is 2.44. The van der Waals surface area contributed by atoms with E-state index < -0.39 is 11.7 Å². The lowest BCUT2D eigenvalue weighted by atomic mass is 10.1. The van der Waals surface area contributed by atoms with Crippen LogP contribution in [0.25, 0.3) is 0 Å². The topological polar surface area (TPSA) is 31.4 Å². The van der Waals surface area contributed by atoms with E-state index in [0.29, 0.717) is 24.1 Å². The third-order valence-corrected chi connectivity index (χ3v) is 4.24. The van der Waals surface area contributed by atoms with Crippen molar-refractivity contribution in [2.75, 3.05) is 36.4 Å². The van der Waals surface area contributed by atoms with E-state index in [9.17, 15) is 13.2 Å². The average molecular weight is 300 g/mol. The molecule has 21 heavy (non-hydrogen) atoms. The molecule has 3 heterocycles. The van der Waals surface area contributed by atoms with Crippen LogP contribution in [-0.2, 0) is 6.18 Å². The normalized spacial score (nSPS) is 22.8. The third kappa shape index (κ3) is 2.66. The number of rotatable bonds is 1. The number of hydrogen-bond acceptors (Lipinski definition) is 4. The van der Waals surface area contributed by atoms with E-state index in [1.54, 1.807) is 0 Å². The van der Waals surface area contributed by atoms with E-state index in [4.69, 9.17) is 0 Å². The molecule has 116 valence electrons. The van der Waals surface area contributed by atoms with Crippen LogP contribution in [0.5, 0.6) is 0 Å². The van der Waals surface area contributed by atoms with Crippen molar-refractivity contribution in [2.45, 2.75) is 32.1 Å². The molecule has 4 nitrogen and oxygen atoms in total. The summed E-state index contributed by atoms with van der Waals surface area (Å²) < 4.78 is 38.2. The number of pyridine rings is 1. The standard InChI is InChI=1S/C14H19F3N4/c1-9(2)20-3-4-21-11(8-20)7-18-12-5-10(14(15,16)17)6-19-13(12)21/h5-6,9,11,18H,3-4,7-8H2,1-2H3. The highest BCUT2D eigenvalue weighted by molar-refractivity contribution is 5.69. The smallest absolute Gasteiger partial charge is 0.380 e. The fraction of sp³-hybridized carbons (Fsp3) is 0.643. The summed E-state index contributed by atoms with van der Waals surface area (Å²) >= 11 is 0. The summed E-state index contributed by atoms with van der Waals surface area (Å²) in [5.74, 6) is 0.641. The molecule has 1 fully saturated rings. The molecule has 0 bridgehead atoms. The van der Waals surface area contributed by atoms with E-state index in [1.807, 2.05) is 0 Å². The van der Waals surface area contributed by atoms with Crippen LogP contribution in [0.15, 0.2) is 12.3 Å². The number of piperazine rings is 1. The molecular weight excluding hydrogens is 281 g/mol. The highest BCUT2D eigenvalue weighted by Crippen LogP contribution is 2.36. The number of nitrogens with zero attached hydrogens (tertiary/aromatic N) is 3. The van der Waals surface area contributed by atoms with Crippen molar-refractivity contribution in [3.63, 3.8) is 0 Å². The van der Waals surface area contributed by atoms with Gasteiger partial charge in [-0.3, -0.25) is 4.90 Å². The summed E-state index contributed by atoms with van der Waals surface area (Å²) in [7, 11) is 0. The summed E-state index contributed by atoms with van der Waals surface area (Å²) in [4.78, 5) is 8.58. The van der Waals surface area contributed by atoms with E-state index in [2.05, 4.69) is 33.9 Å². The molecule has 7 heteroatoms. The van der Waals surface area contributed by atoms with Gasteiger partial charge < -0.3 is 10.2 Å². The van der Waals surface area contributed by atoms with Crippen LogP contribution >= 0.6 is 0 Å². The molecular formula is C14H19F3N4. The Bertz CT molecular complexity index is 529. The summed E-state index contributed by atoms with van der Waals surface area (Å²) in [6, 6.07) is 1.90. The number of aromatic nitrogens is 1. The molecule has 1 aromatic heterocycles. The Labute approximate surface area is 121 Å². The van der Waals surface area contributed by atoms with Crippen molar-refractivity contribution in [2.24, 2.45) is 0 Å². The number of halogens is 3. The molecule has 0 saturated carbocycles. The molecule has 0 spiro atoms. The monoisotopic (exact) mass is 300 g/mol. The molecule has 3 rings (SSSR count). The first kappa shape index (κ1) is 14.4. The van der Waals surface area contributed by atoms with Crippen molar-refractivity contribution < 1.29 is 13.2 Å². The number of hydrogen-bond donors (Lipinski definition) is 1. The van der Waals surface area contributed by atoms with E-state index in [-0.39, 0.29) is 6.04 Å². The first-order valence-corrected chi connectivity index (χ1v) is 7.18. The first-order valence-electron chi connectivity index (χ1n) is 7.18. The first-order chi connectivity index (χ1) is 9.86. The van der Waals surface area contributed by atoms with Gasteiger partial charge in [-0.15, -0.1) is 0 Å². The quantitative estimate of drug-likeness (QED) is 0.863. The predicted molar refractivity (Wildman–Crippen MR) is 75.6 cm³/mol. The van der Waals surface area contributed by atoms with Crippen molar-refractivity contribution >= 4 is 11.5 Å². The second-order valence-electron chi connectivity index (χ2n) is 5.91. The lowest BCUT2D eigenvalue weighted by molar-refractivity contribution is -0.137. The zero-order valence-electron chi connectivity index (χ0n) is 12.1. The number of alkyl halides is 3. The Kier molecular flexibility index (Phi) is 3.47. The van der Waals surface area contributed by atoms with Crippen LogP contribution in [0, 0.1) is 0 Å². The van der Waals surface area contributed by atoms with E-state index in [1.165, 1.54) is 0 Å². The largest absolute Gasteiger partial charge is 0.417 e. The Hall–Kier alpha value is -1.50. The number of fused-ring (bicyclic) bond motifs is 3. The maximum Gasteiger partial charge on any atom is 0.417 e. The molecule has 2 aliphatic heterocycles. The maximum atomic E-state index is 12.7. The highest BCUT2D eigenvalue weighted by Gasteiger charge is 2.36. The van der Waals surface area contributed by atoms with Gasteiger partial charge in [0.15, 0.2) is 5.82 Å². The Morgan fingerprint density at radius 2 is 2.10 bits per heavy atom. The molecule has 0 amide bonds. The number of anilines is 2. The van der Waals surface area contributed by atoms with Crippen LogP contribution in [-0.4, -0.2) is 48.1 Å². The summed E-state index contributed by atoms with van der Waals surface area (Å²) in [6.07, 6.45) is -3.42. The molecule has 1 aromatic rings. The molecule has 1 N–H and O–H groups in total. The van der Waals surface area contributed by atoms with E-state index >= 15 is 0 Å². The minimum Gasteiger partial charge on any atom is -0.380 e. The van der Waals surface area contributed by atoms with Crippen LogP contribution < -0.4 is 10.2 Å². The molecule has 1 unspecified atom stereocenters. The zero-order valence-corrected chi connectivity index (χ0v) is 12.1. The number of nitrogens with one attached hydrogen (secondary N) is 1. The lowest BCUT2D eigenvalue weighted by Crippen LogP contribution is -2.59. The van der Waals surface area contributed by atoms with Crippen LogP contribution in [0.4, 0.5) is 24.7 Å². The van der Waals surface area contributed by atoms with Gasteiger partial charge in [0.2, 0.25) is 0 Å². The zero-order chi connectivity index (χ0) is 15.2. The van der Waals surface area contributed by atoms with E-state index in [0.717, 1.165) is 31.9 Å². The summed E-state index contributed by atoms with van der Waals surface area (Å²) in [5, 5.41) is 3.10. The Morgan fingerprint density at radius 3 is 2.76 bits per heavy atom. The molecule has 2 aliphatic rings. The minimum absolute atomic E-state index is 0.262. The van der Waals surface area contributed by atoms with Gasteiger partial charge in [-0.05, 0) is 19.9 Å². The van der Waals surface area contributed by atoms with Crippen molar-refractivity contribution in [1.82, 2.24) is 9.88 Å². The van der Waals surface area contributed by atoms with Gasteiger partial charge in [-0.25, -0.2) is 4.98 Å². The highest BCUT2D eigenvalue weighted by atomic mass is 19.4. The van der Waals surface area contributed by atoms with Crippen LogP contribution in [0.2, 0.25) is 0 Å². The Balaban J connectivity index is 1.85. The second kappa shape index (κ2) is 5.05. The fourth-order valence-corrected chi connectivity index (χ4v) is 3.00. The van der Waals surface area contributed by atoms with Gasteiger partial charge in [0.05, 0.1) is 17.3 Å². The summed E-state index contributed by atoms with van der Waals surface area (Å²) in [6.45, 7) is 7.60. The summed E-state index contributed by atoms with van der Waals surface area (Å²) in [5.41, 5.74) is -0.216. The fourth-order valence-electron chi connectivity index (χ4n) is 3.00.